The molecule has 1 N–H and O–H groups in total. The Balaban J connectivity index is 2.06. The van der Waals surface area contributed by atoms with Gasteiger partial charge in [0.2, 0.25) is 0 Å². The number of ether oxygens (including phenoxy) is 2. The lowest BCUT2D eigenvalue weighted by Gasteiger charge is -2.22. The first-order valence-electron chi connectivity index (χ1n) is 6.45. The van der Waals surface area contributed by atoms with Gasteiger partial charge in [-0.15, -0.1) is 11.3 Å². The molecule has 1 aliphatic carbocycles. The molecule has 5 nitrogen and oxygen atoms in total. The van der Waals surface area contributed by atoms with E-state index in [1.165, 1.54) is 18.4 Å². The van der Waals surface area contributed by atoms with Crippen molar-refractivity contribution in [3.63, 3.8) is 0 Å². The molecule has 0 spiro atoms. The summed E-state index contributed by atoms with van der Waals surface area (Å²) in [6.07, 6.45) is 1.28. The van der Waals surface area contributed by atoms with Gasteiger partial charge < -0.3 is 14.8 Å². The maximum Gasteiger partial charge on any atom is 0.408 e. The van der Waals surface area contributed by atoms with E-state index in [1.807, 2.05) is 26.8 Å². The molecule has 2 rings (SSSR count). The van der Waals surface area contributed by atoms with Crippen LogP contribution in [0.1, 0.15) is 48.2 Å². The monoisotopic (exact) mass is 297 g/mol. The third-order valence-corrected chi connectivity index (χ3v) is 4.22. The summed E-state index contributed by atoms with van der Waals surface area (Å²) >= 11 is 1.35. The van der Waals surface area contributed by atoms with Crippen LogP contribution >= 0.6 is 11.3 Å². The first-order chi connectivity index (χ1) is 9.26. The molecule has 6 heteroatoms. The lowest BCUT2D eigenvalue weighted by Crippen LogP contribution is -2.38. The van der Waals surface area contributed by atoms with Crippen LogP contribution in [0.4, 0.5) is 4.79 Å². The largest absolute Gasteiger partial charge is 0.465 e. The highest BCUT2D eigenvalue weighted by Crippen LogP contribution is 2.48. The predicted octanol–water partition coefficient (Wildman–Crippen LogP) is 3.05. The van der Waals surface area contributed by atoms with Gasteiger partial charge in [0.1, 0.15) is 10.5 Å². The summed E-state index contributed by atoms with van der Waals surface area (Å²) < 4.78 is 9.96. The third-order valence-electron chi connectivity index (χ3n) is 2.95. The maximum absolute atomic E-state index is 11.9. The van der Waals surface area contributed by atoms with Crippen molar-refractivity contribution >= 4 is 23.4 Å². The van der Waals surface area contributed by atoms with Crippen LogP contribution in [0.3, 0.4) is 0 Å². The predicted molar refractivity (Wildman–Crippen MR) is 75.9 cm³/mol. The second-order valence-corrected chi connectivity index (χ2v) is 6.95. The Morgan fingerprint density at radius 3 is 2.45 bits per heavy atom. The number of thiophene rings is 1. The van der Waals surface area contributed by atoms with Gasteiger partial charge in [-0.05, 0) is 45.7 Å². The number of carbonyl (C=O) groups excluding carboxylic acids is 2. The molecule has 1 amide bonds. The maximum atomic E-state index is 11.9. The Labute approximate surface area is 122 Å². The molecule has 1 aliphatic rings. The van der Waals surface area contributed by atoms with E-state index in [2.05, 4.69) is 10.1 Å². The number of esters is 1. The standard InChI is InChI=1S/C14H19NO4S/c1-13(2,3)19-12(17)15-14(7-8-14)10-6-5-9(20-10)11(16)18-4/h5-6H,7-8H2,1-4H3,(H,15,17). The van der Waals surface area contributed by atoms with E-state index in [4.69, 9.17) is 4.74 Å². The van der Waals surface area contributed by atoms with E-state index in [1.54, 1.807) is 6.07 Å². The molecule has 0 aliphatic heterocycles. The number of hydrogen-bond donors (Lipinski definition) is 1. The van der Waals surface area contributed by atoms with Gasteiger partial charge in [-0.2, -0.15) is 0 Å². The summed E-state index contributed by atoms with van der Waals surface area (Å²) in [5, 5.41) is 2.91. The number of amides is 1. The highest BCUT2D eigenvalue weighted by Gasteiger charge is 2.48. The van der Waals surface area contributed by atoms with Crippen molar-refractivity contribution in [2.45, 2.75) is 44.8 Å². The second kappa shape index (κ2) is 5.09. The SMILES string of the molecule is COC(=O)c1ccc(C2(NC(=O)OC(C)(C)C)CC2)s1. The van der Waals surface area contributed by atoms with Crippen LogP contribution in [-0.2, 0) is 15.0 Å². The Morgan fingerprint density at radius 2 is 1.95 bits per heavy atom. The molecule has 0 radical (unpaired) electrons. The Hall–Kier alpha value is -1.56. The first-order valence-corrected chi connectivity index (χ1v) is 7.27. The third kappa shape index (κ3) is 3.30. The molecule has 20 heavy (non-hydrogen) atoms. The fourth-order valence-corrected chi connectivity index (χ4v) is 2.99. The van der Waals surface area contributed by atoms with Crippen LogP contribution in [-0.4, -0.2) is 24.8 Å². The minimum atomic E-state index is -0.521. The average Bonchev–Trinajstić information content (AvgIpc) is 2.91. The van der Waals surface area contributed by atoms with Crippen molar-refractivity contribution in [2.24, 2.45) is 0 Å². The molecule has 110 valence electrons. The van der Waals surface area contributed by atoms with Crippen LogP contribution in [0.25, 0.3) is 0 Å². The first kappa shape index (κ1) is 14.8. The van der Waals surface area contributed by atoms with E-state index in [0.29, 0.717) is 4.88 Å². The molecule has 1 heterocycles. The van der Waals surface area contributed by atoms with Crippen LogP contribution < -0.4 is 5.32 Å². The number of alkyl carbamates (subject to hydrolysis) is 1. The topological polar surface area (TPSA) is 64.6 Å². The number of carbonyl (C=O) groups is 2. The summed E-state index contributed by atoms with van der Waals surface area (Å²) in [5.74, 6) is -0.352. The fourth-order valence-electron chi connectivity index (χ4n) is 1.86. The number of methoxy groups -OCH3 is 1. The van der Waals surface area contributed by atoms with Gasteiger partial charge in [-0.1, -0.05) is 0 Å². The Morgan fingerprint density at radius 1 is 1.30 bits per heavy atom. The quantitative estimate of drug-likeness (QED) is 0.871. The second-order valence-electron chi connectivity index (χ2n) is 5.86. The summed E-state index contributed by atoms with van der Waals surface area (Å²) in [5.41, 5.74) is -0.897. The molecular formula is C14H19NO4S. The normalized spacial score (nSPS) is 16.4. The van der Waals surface area contributed by atoms with Crippen molar-refractivity contribution < 1.29 is 19.1 Å². The molecule has 1 aromatic heterocycles. The fraction of sp³-hybridized carbons (Fsp3) is 0.571. The molecule has 0 bridgehead atoms. The van der Waals surface area contributed by atoms with Gasteiger partial charge in [0.05, 0.1) is 12.6 Å². The van der Waals surface area contributed by atoms with Crippen LogP contribution in [0.5, 0.6) is 0 Å². The summed E-state index contributed by atoms with van der Waals surface area (Å²) in [6, 6.07) is 3.59. The van der Waals surface area contributed by atoms with Crippen molar-refractivity contribution in [3.05, 3.63) is 21.9 Å². The van der Waals surface area contributed by atoms with Gasteiger partial charge in [-0.25, -0.2) is 9.59 Å². The highest BCUT2D eigenvalue weighted by molar-refractivity contribution is 7.14. The van der Waals surface area contributed by atoms with Crippen molar-refractivity contribution in [1.29, 1.82) is 0 Å². The molecule has 1 saturated carbocycles. The van der Waals surface area contributed by atoms with Gasteiger partial charge in [0.15, 0.2) is 0 Å². The van der Waals surface area contributed by atoms with E-state index in [9.17, 15) is 9.59 Å². The number of rotatable bonds is 3. The van der Waals surface area contributed by atoms with Crippen molar-refractivity contribution in [1.82, 2.24) is 5.32 Å². The molecule has 0 aromatic carbocycles. The molecule has 1 fully saturated rings. The van der Waals surface area contributed by atoms with Gasteiger partial charge >= 0.3 is 12.1 Å². The number of nitrogens with one attached hydrogen (secondary N) is 1. The Kier molecular flexibility index (Phi) is 3.77. The smallest absolute Gasteiger partial charge is 0.408 e. The lowest BCUT2D eigenvalue weighted by molar-refractivity contribution is 0.0495. The lowest BCUT2D eigenvalue weighted by atomic mass is 10.2. The molecule has 0 unspecified atom stereocenters. The van der Waals surface area contributed by atoms with Gasteiger partial charge in [0.25, 0.3) is 0 Å². The Bertz CT molecular complexity index is 526. The number of hydrogen-bond acceptors (Lipinski definition) is 5. The molecular weight excluding hydrogens is 278 g/mol. The summed E-state index contributed by atoms with van der Waals surface area (Å²) in [4.78, 5) is 24.8. The van der Waals surface area contributed by atoms with Gasteiger partial charge in [0, 0.05) is 4.88 Å². The molecule has 0 atom stereocenters. The van der Waals surface area contributed by atoms with Crippen molar-refractivity contribution in [2.75, 3.05) is 7.11 Å². The van der Waals surface area contributed by atoms with E-state index < -0.39 is 11.7 Å². The summed E-state index contributed by atoms with van der Waals surface area (Å²) in [6.45, 7) is 5.48. The summed E-state index contributed by atoms with van der Waals surface area (Å²) in [7, 11) is 1.35. The van der Waals surface area contributed by atoms with Crippen LogP contribution in [0, 0.1) is 0 Å². The highest BCUT2D eigenvalue weighted by atomic mass is 32.1. The van der Waals surface area contributed by atoms with Crippen LogP contribution in [0.2, 0.25) is 0 Å². The zero-order valence-corrected chi connectivity index (χ0v) is 12.9. The molecule has 1 aromatic rings. The van der Waals surface area contributed by atoms with E-state index >= 15 is 0 Å². The molecule has 0 saturated heterocycles. The zero-order valence-electron chi connectivity index (χ0n) is 12.1. The zero-order chi connectivity index (χ0) is 15.0. The van der Waals surface area contributed by atoms with Crippen molar-refractivity contribution in [3.8, 4) is 0 Å². The minimum Gasteiger partial charge on any atom is -0.465 e. The van der Waals surface area contributed by atoms with E-state index in [0.717, 1.165) is 17.7 Å². The minimum absolute atomic E-state index is 0.352. The van der Waals surface area contributed by atoms with Gasteiger partial charge in [-0.3, -0.25) is 0 Å². The van der Waals surface area contributed by atoms with Crippen LogP contribution in [0.15, 0.2) is 12.1 Å². The van der Waals surface area contributed by atoms with E-state index in [-0.39, 0.29) is 11.5 Å². The average molecular weight is 297 g/mol.